The summed E-state index contributed by atoms with van der Waals surface area (Å²) in [7, 11) is 1.42. The Labute approximate surface area is 207 Å². The Hall–Kier alpha value is -4.33. The van der Waals surface area contributed by atoms with Crippen LogP contribution in [-0.4, -0.2) is 52.8 Å². The first-order valence-corrected chi connectivity index (χ1v) is 10.8. The van der Waals surface area contributed by atoms with Gasteiger partial charge in [0, 0.05) is 20.1 Å². The minimum Gasteiger partial charge on any atom is -0.407 e. The van der Waals surface area contributed by atoms with E-state index >= 15 is 0 Å². The van der Waals surface area contributed by atoms with E-state index < -0.39 is 40.8 Å². The Morgan fingerprint density at radius 2 is 1.89 bits per heavy atom. The molecule has 2 N–H and O–H groups in total. The number of aromatic nitrogens is 3. The predicted molar refractivity (Wildman–Crippen MR) is 122 cm³/mol. The second-order valence-electron chi connectivity index (χ2n) is 8.06. The van der Waals surface area contributed by atoms with Gasteiger partial charge in [0.1, 0.15) is 23.5 Å². The molecule has 3 heterocycles. The number of rotatable bonds is 6. The number of nitrogens with one attached hydrogen (secondary N) is 2. The van der Waals surface area contributed by atoms with Crippen molar-refractivity contribution in [3.8, 4) is 5.75 Å². The fraction of sp³-hybridized carbons (Fsp3) is 0.261. The summed E-state index contributed by atoms with van der Waals surface area (Å²) in [6.45, 7) is 0.0930. The second-order valence-corrected chi connectivity index (χ2v) is 8.06. The van der Waals surface area contributed by atoms with Crippen LogP contribution in [0.5, 0.6) is 5.75 Å². The van der Waals surface area contributed by atoms with Crippen LogP contribution < -0.4 is 20.3 Å². The lowest BCUT2D eigenvalue weighted by molar-refractivity contribution is -0.137. The number of carbonyl (C=O) groups excluding carboxylic acids is 2. The van der Waals surface area contributed by atoms with Gasteiger partial charge in [-0.05, 0) is 30.3 Å². The van der Waals surface area contributed by atoms with Crippen molar-refractivity contribution in [2.24, 2.45) is 0 Å². The number of pyridine rings is 1. The monoisotopic (exact) mass is 520 g/mol. The molecule has 4 rings (SSSR count). The molecule has 1 atom stereocenters. The van der Waals surface area contributed by atoms with E-state index in [4.69, 9.17) is 9.47 Å². The van der Waals surface area contributed by atoms with E-state index in [1.807, 2.05) is 0 Å². The first-order valence-electron chi connectivity index (χ1n) is 10.8. The predicted octanol–water partition coefficient (Wildman–Crippen LogP) is 3.68. The highest BCUT2D eigenvalue weighted by Gasteiger charge is 2.46. The Morgan fingerprint density at radius 1 is 1.14 bits per heavy atom. The zero-order valence-electron chi connectivity index (χ0n) is 19.3. The van der Waals surface area contributed by atoms with E-state index in [-0.39, 0.29) is 36.9 Å². The largest absolute Gasteiger partial charge is 0.418 e. The topological polar surface area (TPSA) is 119 Å². The molecule has 0 unspecified atom stereocenters. The van der Waals surface area contributed by atoms with Crippen molar-refractivity contribution >= 4 is 29.2 Å². The summed E-state index contributed by atoms with van der Waals surface area (Å²) in [6, 6.07) is 4.85. The molecule has 37 heavy (non-hydrogen) atoms. The zero-order valence-corrected chi connectivity index (χ0v) is 19.3. The van der Waals surface area contributed by atoms with Crippen molar-refractivity contribution in [2.75, 3.05) is 30.5 Å². The molecule has 14 heteroatoms. The van der Waals surface area contributed by atoms with Crippen LogP contribution in [0.1, 0.15) is 12.0 Å². The molecule has 1 aliphatic heterocycles. The van der Waals surface area contributed by atoms with E-state index in [2.05, 4.69) is 25.6 Å². The molecule has 1 aliphatic rings. The van der Waals surface area contributed by atoms with E-state index in [9.17, 15) is 27.2 Å². The summed E-state index contributed by atoms with van der Waals surface area (Å²) < 4.78 is 63.8. The number of amides is 2. The molecule has 194 valence electrons. The van der Waals surface area contributed by atoms with Gasteiger partial charge in [-0.15, -0.1) is 0 Å². The van der Waals surface area contributed by atoms with Crippen molar-refractivity contribution in [1.82, 2.24) is 20.3 Å². The maximum absolute atomic E-state index is 13.6. The number of hydrogen-bond donors (Lipinski definition) is 2. The summed E-state index contributed by atoms with van der Waals surface area (Å²) in [5.41, 5.74) is -2.84. The van der Waals surface area contributed by atoms with Crippen LogP contribution >= 0.6 is 0 Å². The van der Waals surface area contributed by atoms with Gasteiger partial charge in [-0.2, -0.15) is 13.2 Å². The third-order valence-corrected chi connectivity index (χ3v) is 5.48. The van der Waals surface area contributed by atoms with Gasteiger partial charge in [-0.25, -0.2) is 24.1 Å². The quantitative estimate of drug-likeness (QED) is 0.473. The minimum atomic E-state index is -4.70. The maximum atomic E-state index is 13.6. The van der Waals surface area contributed by atoms with Gasteiger partial charge in [0.05, 0.1) is 42.1 Å². The Kier molecular flexibility index (Phi) is 7.20. The molecule has 2 amide bonds. The molecule has 0 spiro atoms. The van der Waals surface area contributed by atoms with Crippen LogP contribution in [0.25, 0.3) is 0 Å². The van der Waals surface area contributed by atoms with Crippen molar-refractivity contribution in [2.45, 2.75) is 18.1 Å². The van der Waals surface area contributed by atoms with Gasteiger partial charge in [0.25, 0.3) is 5.91 Å². The number of benzene rings is 1. The molecule has 10 nitrogen and oxygen atoms in total. The fourth-order valence-electron chi connectivity index (χ4n) is 3.66. The van der Waals surface area contributed by atoms with Crippen molar-refractivity contribution in [1.29, 1.82) is 0 Å². The molecule has 1 aromatic carbocycles. The standard InChI is InChI=1S/C23H20F4N6O4/c1-33(20(34)22(6-7-36-12-22)32-21(35)37-16-10-28-13-29-11-16)19-5-3-15(9-30-19)31-18-8-14(24)2-4-17(18)23(25,26)27/h2-5,8-11,13,31H,6-7,12H2,1H3,(H,32,35)/t22-/m0/s1. The molecule has 0 saturated carbocycles. The third kappa shape index (κ3) is 5.91. The van der Waals surface area contributed by atoms with E-state index in [1.165, 1.54) is 49.0 Å². The lowest BCUT2D eigenvalue weighted by Gasteiger charge is -2.31. The van der Waals surface area contributed by atoms with Gasteiger partial charge in [0.2, 0.25) is 0 Å². The smallest absolute Gasteiger partial charge is 0.407 e. The van der Waals surface area contributed by atoms with Crippen molar-refractivity contribution < 1.29 is 36.6 Å². The Balaban J connectivity index is 1.48. The van der Waals surface area contributed by atoms with Crippen LogP contribution in [0, 0.1) is 5.82 Å². The highest BCUT2D eigenvalue weighted by Crippen LogP contribution is 2.36. The summed E-state index contributed by atoms with van der Waals surface area (Å²) in [6.07, 6.45) is -0.440. The van der Waals surface area contributed by atoms with Crippen LogP contribution in [-0.2, 0) is 15.7 Å². The molecular formula is C23H20F4N6O4. The number of nitrogens with zero attached hydrogens (tertiary/aromatic N) is 4. The van der Waals surface area contributed by atoms with Gasteiger partial charge < -0.3 is 20.1 Å². The first-order chi connectivity index (χ1) is 17.6. The van der Waals surface area contributed by atoms with Crippen LogP contribution in [0.3, 0.4) is 0 Å². The van der Waals surface area contributed by atoms with Crippen LogP contribution in [0.4, 0.5) is 39.5 Å². The normalized spacial score (nSPS) is 17.2. The molecular weight excluding hydrogens is 500 g/mol. The number of halogens is 4. The first kappa shape index (κ1) is 25.8. The average molecular weight is 520 g/mol. The van der Waals surface area contributed by atoms with E-state index in [0.29, 0.717) is 6.07 Å². The SMILES string of the molecule is CN(C(=O)[C@]1(NC(=O)Oc2cncnc2)CCOC1)c1ccc(Nc2cc(F)ccc2C(F)(F)F)cn1. The molecule has 3 aromatic rings. The number of ether oxygens (including phenoxy) is 2. The minimum absolute atomic E-state index is 0.0756. The number of likely N-dealkylation sites (N-methyl/N-ethyl adjacent to an activating group) is 1. The van der Waals surface area contributed by atoms with Gasteiger partial charge in [0.15, 0.2) is 5.75 Å². The van der Waals surface area contributed by atoms with Gasteiger partial charge >= 0.3 is 12.3 Å². The van der Waals surface area contributed by atoms with Crippen molar-refractivity contribution in [3.05, 3.63) is 66.6 Å². The summed E-state index contributed by atoms with van der Waals surface area (Å²) >= 11 is 0. The zero-order chi connectivity index (χ0) is 26.6. The van der Waals surface area contributed by atoms with Crippen LogP contribution in [0.15, 0.2) is 55.2 Å². The van der Waals surface area contributed by atoms with Crippen molar-refractivity contribution in [3.63, 3.8) is 0 Å². The maximum Gasteiger partial charge on any atom is 0.418 e. The lowest BCUT2D eigenvalue weighted by Crippen LogP contribution is -2.60. The number of alkyl halides is 3. The number of hydrogen-bond acceptors (Lipinski definition) is 8. The van der Waals surface area contributed by atoms with Crippen LogP contribution in [0.2, 0.25) is 0 Å². The van der Waals surface area contributed by atoms with Gasteiger partial charge in [-0.3, -0.25) is 9.69 Å². The lowest BCUT2D eigenvalue weighted by atomic mass is 9.97. The Bertz CT molecular complexity index is 1270. The van der Waals surface area contributed by atoms with E-state index in [1.54, 1.807) is 0 Å². The molecule has 0 radical (unpaired) electrons. The average Bonchev–Trinajstić information content (AvgIpc) is 3.33. The summed E-state index contributed by atoms with van der Waals surface area (Å²) in [5, 5.41) is 5.04. The molecule has 0 aliphatic carbocycles. The number of anilines is 3. The van der Waals surface area contributed by atoms with Gasteiger partial charge in [-0.1, -0.05) is 0 Å². The second kappa shape index (κ2) is 10.3. The summed E-state index contributed by atoms with van der Waals surface area (Å²) in [5.74, 6) is -1.18. The highest BCUT2D eigenvalue weighted by atomic mass is 19.4. The van der Waals surface area contributed by atoms with E-state index in [0.717, 1.165) is 12.1 Å². The fourth-order valence-corrected chi connectivity index (χ4v) is 3.66. The molecule has 1 saturated heterocycles. The molecule has 1 fully saturated rings. The number of carbonyl (C=O) groups is 2. The molecule has 2 aromatic heterocycles. The third-order valence-electron chi connectivity index (χ3n) is 5.48. The summed E-state index contributed by atoms with van der Waals surface area (Å²) in [4.78, 5) is 38.6. The molecule has 0 bridgehead atoms. The highest BCUT2D eigenvalue weighted by molar-refractivity contribution is 6.01. The Morgan fingerprint density at radius 3 is 2.51 bits per heavy atom.